The van der Waals surface area contributed by atoms with Crippen molar-refractivity contribution in [2.45, 2.75) is 6.42 Å². The maximum absolute atomic E-state index is 11.7. The van der Waals surface area contributed by atoms with Gasteiger partial charge in [0, 0.05) is 29.6 Å². The molecule has 4 N–H and O–H groups in total. The van der Waals surface area contributed by atoms with E-state index >= 15 is 0 Å². The molecular formula is C17H20N4O4S. The van der Waals surface area contributed by atoms with E-state index in [2.05, 4.69) is 21.5 Å². The lowest BCUT2D eigenvalue weighted by Gasteiger charge is -2.10. The third-order valence-electron chi connectivity index (χ3n) is 3.31. The molecule has 1 aromatic heterocycles. The number of hydrazine groups is 1. The lowest BCUT2D eigenvalue weighted by molar-refractivity contribution is -0.127. The second-order valence-corrected chi connectivity index (χ2v) is 5.98. The van der Waals surface area contributed by atoms with Crippen molar-refractivity contribution in [3.05, 3.63) is 46.7 Å². The molecule has 0 aliphatic heterocycles. The normalized spacial score (nSPS) is 9.88. The number of anilines is 1. The van der Waals surface area contributed by atoms with Crippen LogP contribution >= 0.6 is 11.3 Å². The molecule has 0 saturated carbocycles. The predicted octanol–water partition coefficient (Wildman–Crippen LogP) is 1.14. The van der Waals surface area contributed by atoms with E-state index < -0.39 is 11.8 Å². The summed E-state index contributed by atoms with van der Waals surface area (Å²) in [5.74, 6) is -0.296. The molecular weight excluding hydrogens is 356 g/mol. The van der Waals surface area contributed by atoms with Crippen LogP contribution in [-0.2, 0) is 9.59 Å². The first kappa shape index (κ1) is 19.3. The second kappa shape index (κ2) is 10.0. The molecule has 26 heavy (non-hydrogen) atoms. The molecule has 1 aromatic carbocycles. The number of thiophene rings is 1. The average molecular weight is 376 g/mol. The molecule has 0 bridgehead atoms. The van der Waals surface area contributed by atoms with Gasteiger partial charge in [0.25, 0.3) is 11.8 Å². The molecule has 0 aliphatic rings. The van der Waals surface area contributed by atoms with Gasteiger partial charge in [-0.05, 0) is 35.7 Å². The van der Waals surface area contributed by atoms with Gasteiger partial charge in [-0.1, -0.05) is 0 Å². The monoisotopic (exact) mass is 376 g/mol. The van der Waals surface area contributed by atoms with Crippen LogP contribution in [0.2, 0.25) is 0 Å². The highest BCUT2D eigenvalue weighted by molar-refractivity contribution is 7.08. The van der Waals surface area contributed by atoms with Gasteiger partial charge in [0.05, 0.1) is 13.7 Å². The van der Waals surface area contributed by atoms with E-state index in [0.717, 1.165) is 11.4 Å². The Kier molecular flexibility index (Phi) is 7.44. The van der Waals surface area contributed by atoms with E-state index in [0.29, 0.717) is 5.56 Å². The molecule has 0 aliphatic carbocycles. The van der Waals surface area contributed by atoms with Crippen molar-refractivity contribution in [3.63, 3.8) is 0 Å². The SMILES string of the molecule is COc1ccc(NCC(=O)NNC(=O)CCNC(=O)c2ccsc2)cc1. The van der Waals surface area contributed by atoms with Crippen molar-refractivity contribution in [2.24, 2.45) is 0 Å². The average Bonchev–Trinajstić information content (AvgIpc) is 3.20. The largest absolute Gasteiger partial charge is 0.497 e. The Balaban J connectivity index is 1.59. The van der Waals surface area contributed by atoms with Crippen LogP contribution in [0.15, 0.2) is 41.1 Å². The Labute approximate surface area is 154 Å². The van der Waals surface area contributed by atoms with Gasteiger partial charge in [-0.3, -0.25) is 25.2 Å². The number of nitrogens with one attached hydrogen (secondary N) is 4. The minimum Gasteiger partial charge on any atom is -0.497 e. The molecule has 0 unspecified atom stereocenters. The summed E-state index contributed by atoms with van der Waals surface area (Å²) in [7, 11) is 1.58. The maximum Gasteiger partial charge on any atom is 0.257 e. The number of amides is 3. The Hall–Kier alpha value is -3.07. The fourth-order valence-electron chi connectivity index (χ4n) is 1.92. The van der Waals surface area contributed by atoms with Crippen molar-refractivity contribution in [1.29, 1.82) is 0 Å². The van der Waals surface area contributed by atoms with E-state index in [1.54, 1.807) is 48.2 Å². The predicted molar refractivity (Wildman–Crippen MR) is 99.0 cm³/mol. The van der Waals surface area contributed by atoms with Gasteiger partial charge < -0.3 is 15.4 Å². The van der Waals surface area contributed by atoms with Crippen LogP contribution in [0, 0.1) is 0 Å². The molecule has 8 nitrogen and oxygen atoms in total. The van der Waals surface area contributed by atoms with Crippen molar-refractivity contribution in [2.75, 3.05) is 25.5 Å². The highest BCUT2D eigenvalue weighted by atomic mass is 32.1. The van der Waals surface area contributed by atoms with Gasteiger partial charge in [0.1, 0.15) is 5.75 Å². The number of ether oxygens (including phenoxy) is 1. The van der Waals surface area contributed by atoms with Crippen molar-refractivity contribution in [1.82, 2.24) is 16.2 Å². The number of hydrogen-bond donors (Lipinski definition) is 4. The highest BCUT2D eigenvalue weighted by Crippen LogP contribution is 2.14. The smallest absolute Gasteiger partial charge is 0.257 e. The summed E-state index contributed by atoms with van der Waals surface area (Å²) in [5, 5.41) is 9.08. The molecule has 0 fully saturated rings. The van der Waals surface area contributed by atoms with E-state index in [9.17, 15) is 14.4 Å². The minimum atomic E-state index is -0.395. The number of carbonyl (C=O) groups excluding carboxylic acids is 3. The Morgan fingerprint density at radius 3 is 2.42 bits per heavy atom. The van der Waals surface area contributed by atoms with Crippen molar-refractivity contribution >= 4 is 34.7 Å². The van der Waals surface area contributed by atoms with Crippen molar-refractivity contribution in [3.8, 4) is 5.75 Å². The fraction of sp³-hybridized carbons (Fsp3) is 0.235. The molecule has 0 saturated heterocycles. The third-order valence-corrected chi connectivity index (χ3v) is 3.99. The van der Waals surface area contributed by atoms with Gasteiger partial charge in [-0.25, -0.2) is 0 Å². The van der Waals surface area contributed by atoms with E-state index in [4.69, 9.17) is 4.74 Å². The summed E-state index contributed by atoms with van der Waals surface area (Å²) in [4.78, 5) is 35.0. The Morgan fingerprint density at radius 1 is 1.04 bits per heavy atom. The summed E-state index contributed by atoms with van der Waals surface area (Å²) in [6.07, 6.45) is 0.0576. The molecule has 0 atom stereocenters. The zero-order valence-corrected chi connectivity index (χ0v) is 15.0. The van der Waals surface area contributed by atoms with E-state index in [-0.39, 0.29) is 25.4 Å². The second-order valence-electron chi connectivity index (χ2n) is 5.20. The van der Waals surface area contributed by atoms with Gasteiger partial charge in [0.15, 0.2) is 0 Å². The summed E-state index contributed by atoms with van der Waals surface area (Å²) in [6, 6.07) is 8.80. The van der Waals surface area contributed by atoms with Crippen LogP contribution in [-0.4, -0.2) is 37.9 Å². The third kappa shape index (κ3) is 6.44. The summed E-state index contributed by atoms with van der Waals surface area (Å²) in [5.41, 5.74) is 5.92. The molecule has 3 amide bonds. The topological polar surface area (TPSA) is 109 Å². The standard InChI is InChI=1S/C17H20N4O4S/c1-25-14-4-2-13(3-5-14)19-10-16(23)21-20-15(22)6-8-18-17(24)12-7-9-26-11-12/h2-5,7,9,11,19H,6,8,10H2,1H3,(H,18,24)(H,20,22)(H,21,23). The number of benzene rings is 1. The van der Waals surface area contributed by atoms with Crippen LogP contribution < -0.4 is 26.2 Å². The number of carbonyl (C=O) groups is 3. The minimum absolute atomic E-state index is 0.00149. The molecule has 0 spiro atoms. The van der Waals surface area contributed by atoms with Gasteiger partial charge >= 0.3 is 0 Å². The van der Waals surface area contributed by atoms with Crippen LogP contribution in [0.5, 0.6) is 5.75 Å². The molecule has 2 rings (SSSR count). The molecule has 138 valence electrons. The van der Waals surface area contributed by atoms with Crippen LogP contribution in [0.4, 0.5) is 5.69 Å². The zero-order chi connectivity index (χ0) is 18.8. The maximum atomic E-state index is 11.7. The summed E-state index contributed by atoms with van der Waals surface area (Å²) < 4.78 is 5.05. The lowest BCUT2D eigenvalue weighted by atomic mass is 10.3. The van der Waals surface area contributed by atoms with Crippen LogP contribution in [0.3, 0.4) is 0 Å². The molecule has 2 aromatic rings. The lowest BCUT2D eigenvalue weighted by Crippen LogP contribution is -2.45. The molecule has 9 heteroatoms. The summed E-state index contributed by atoms with van der Waals surface area (Å²) in [6.45, 7) is 0.183. The van der Waals surface area contributed by atoms with Crippen molar-refractivity contribution < 1.29 is 19.1 Å². The fourth-order valence-corrected chi connectivity index (χ4v) is 2.56. The Morgan fingerprint density at radius 2 is 1.77 bits per heavy atom. The first-order chi connectivity index (χ1) is 12.6. The van der Waals surface area contributed by atoms with Crippen LogP contribution in [0.25, 0.3) is 0 Å². The number of hydrogen-bond acceptors (Lipinski definition) is 6. The van der Waals surface area contributed by atoms with E-state index in [1.165, 1.54) is 11.3 Å². The number of methoxy groups -OCH3 is 1. The first-order valence-corrected chi connectivity index (χ1v) is 8.79. The van der Waals surface area contributed by atoms with Crippen LogP contribution in [0.1, 0.15) is 16.8 Å². The number of rotatable bonds is 8. The molecule has 0 radical (unpaired) electrons. The Bertz CT molecular complexity index is 732. The zero-order valence-electron chi connectivity index (χ0n) is 14.2. The highest BCUT2D eigenvalue weighted by Gasteiger charge is 2.08. The molecule has 1 heterocycles. The summed E-state index contributed by atoms with van der Waals surface area (Å²) >= 11 is 1.42. The van der Waals surface area contributed by atoms with Gasteiger partial charge in [-0.15, -0.1) is 0 Å². The van der Waals surface area contributed by atoms with E-state index in [1.807, 2.05) is 0 Å². The quantitative estimate of drug-likeness (QED) is 0.517. The van der Waals surface area contributed by atoms with Gasteiger partial charge in [-0.2, -0.15) is 11.3 Å². The van der Waals surface area contributed by atoms with Gasteiger partial charge in [0.2, 0.25) is 5.91 Å². The first-order valence-electron chi connectivity index (χ1n) is 7.84.